The first-order valence-corrected chi connectivity index (χ1v) is 5.37. The van der Waals surface area contributed by atoms with Crippen LogP contribution in [0.2, 0.25) is 0 Å². The Balaban J connectivity index is 0.000000243. The second-order valence-corrected chi connectivity index (χ2v) is 3.58. The quantitative estimate of drug-likeness (QED) is 0.609. The molecule has 1 saturated heterocycles. The van der Waals surface area contributed by atoms with E-state index in [9.17, 15) is 0 Å². The fourth-order valence-electron chi connectivity index (χ4n) is 1.04. The highest BCUT2D eigenvalue weighted by Gasteiger charge is 1.94. The van der Waals surface area contributed by atoms with E-state index in [-0.39, 0.29) is 0 Å². The predicted molar refractivity (Wildman–Crippen MR) is 58.9 cm³/mol. The highest BCUT2D eigenvalue weighted by Crippen LogP contribution is 2.03. The third-order valence-electron chi connectivity index (χ3n) is 2.31. The first-order chi connectivity index (χ1) is 6.31. The van der Waals surface area contributed by atoms with E-state index < -0.39 is 0 Å². The second kappa shape index (κ2) is 9.96. The topological polar surface area (TPSA) is 36.1 Å². The normalized spacial score (nSPS) is 17.8. The molecule has 1 aliphatic heterocycles. The predicted octanol–water partition coefficient (Wildman–Crippen LogP) is 0.779. The third-order valence-corrected chi connectivity index (χ3v) is 2.31. The molecule has 0 amide bonds. The van der Waals surface area contributed by atoms with Gasteiger partial charge in [0.1, 0.15) is 0 Å². The van der Waals surface area contributed by atoms with Crippen LogP contribution in [0.25, 0.3) is 0 Å². The van der Waals surface area contributed by atoms with Gasteiger partial charge in [-0.1, -0.05) is 20.3 Å². The van der Waals surface area contributed by atoms with Crippen molar-refractivity contribution in [1.82, 2.24) is 16.0 Å². The van der Waals surface area contributed by atoms with E-state index >= 15 is 0 Å². The molecule has 0 aliphatic carbocycles. The fraction of sp³-hybridized carbons (Fsp3) is 1.00. The van der Waals surface area contributed by atoms with Gasteiger partial charge in [0.2, 0.25) is 0 Å². The van der Waals surface area contributed by atoms with Crippen LogP contribution in [0, 0.1) is 5.92 Å². The van der Waals surface area contributed by atoms with E-state index in [2.05, 4.69) is 29.8 Å². The van der Waals surface area contributed by atoms with Gasteiger partial charge in [0.05, 0.1) is 0 Å². The minimum atomic E-state index is 0.891. The molecule has 0 spiro atoms. The highest BCUT2D eigenvalue weighted by atomic mass is 15.1. The lowest BCUT2D eigenvalue weighted by atomic mass is 10.1. The highest BCUT2D eigenvalue weighted by molar-refractivity contribution is 4.55. The smallest absolute Gasteiger partial charge is 0.0455 e. The summed E-state index contributed by atoms with van der Waals surface area (Å²) < 4.78 is 0. The molecule has 1 aliphatic rings. The summed E-state index contributed by atoms with van der Waals surface area (Å²) in [5, 5.41) is 9.36. The number of rotatable bonds is 4. The second-order valence-electron chi connectivity index (χ2n) is 3.58. The molecule has 0 aromatic carbocycles. The summed E-state index contributed by atoms with van der Waals surface area (Å²) in [5.74, 6) is 0.891. The molecule has 1 fully saturated rings. The van der Waals surface area contributed by atoms with Gasteiger partial charge in [-0.2, -0.15) is 0 Å². The van der Waals surface area contributed by atoms with Crippen molar-refractivity contribution in [3.63, 3.8) is 0 Å². The van der Waals surface area contributed by atoms with Crippen LogP contribution in [-0.2, 0) is 0 Å². The van der Waals surface area contributed by atoms with E-state index in [1.54, 1.807) is 0 Å². The molecule has 13 heavy (non-hydrogen) atoms. The summed E-state index contributed by atoms with van der Waals surface area (Å²) in [4.78, 5) is 0. The van der Waals surface area contributed by atoms with Gasteiger partial charge in [0, 0.05) is 19.8 Å². The summed E-state index contributed by atoms with van der Waals surface area (Å²) in [5.41, 5.74) is 0. The van der Waals surface area contributed by atoms with Crippen molar-refractivity contribution in [2.75, 3.05) is 33.4 Å². The fourth-order valence-corrected chi connectivity index (χ4v) is 1.04. The van der Waals surface area contributed by atoms with Crippen LogP contribution in [0.4, 0.5) is 0 Å². The number of hydrogen-bond donors (Lipinski definition) is 3. The molecule has 1 heterocycles. The molecule has 80 valence electrons. The largest absolute Gasteiger partial charge is 0.320 e. The summed E-state index contributed by atoms with van der Waals surface area (Å²) in [6, 6.07) is 0. The zero-order chi connectivity index (χ0) is 9.94. The standard InChI is InChI=1S/C7H17N.C3H8N2/c1-4-7(2)5-6-8-3;1-2-5-3-4-1/h7-8H,4-6H2,1-3H3;4-5H,1-3H2. The van der Waals surface area contributed by atoms with Gasteiger partial charge in [-0.3, -0.25) is 0 Å². The van der Waals surface area contributed by atoms with Gasteiger partial charge < -0.3 is 16.0 Å². The molecule has 0 aromatic heterocycles. The molecule has 1 atom stereocenters. The Kier molecular flexibility index (Phi) is 9.87. The molecule has 0 saturated carbocycles. The Bertz CT molecular complexity index is 84.6. The zero-order valence-electron chi connectivity index (χ0n) is 9.32. The van der Waals surface area contributed by atoms with Gasteiger partial charge in [0.25, 0.3) is 0 Å². The average Bonchev–Trinajstić information content (AvgIpc) is 2.72. The maximum Gasteiger partial charge on any atom is 0.0455 e. The van der Waals surface area contributed by atoms with Crippen molar-refractivity contribution < 1.29 is 0 Å². The number of nitrogens with one attached hydrogen (secondary N) is 3. The lowest BCUT2D eigenvalue weighted by molar-refractivity contribution is 0.503. The van der Waals surface area contributed by atoms with E-state index in [0.717, 1.165) is 32.2 Å². The van der Waals surface area contributed by atoms with Crippen molar-refractivity contribution in [3.8, 4) is 0 Å². The lowest BCUT2D eigenvalue weighted by Gasteiger charge is -2.05. The Morgan fingerprint density at radius 3 is 2.23 bits per heavy atom. The summed E-state index contributed by atoms with van der Waals surface area (Å²) in [6.07, 6.45) is 2.62. The van der Waals surface area contributed by atoms with Crippen LogP contribution in [0.3, 0.4) is 0 Å². The van der Waals surface area contributed by atoms with Crippen LogP contribution < -0.4 is 16.0 Å². The van der Waals surface area contributed by atoms with Crippen LogP contribution in [0.5, 0.6) is 0 Å². The summed E-state index contributed by atoms with van der Waals surface area (Å²) >= 11 is 0. The zero-order valence-corrected chi connectivity index (χ0v) is 9.32. The first kappa shape index (κ1) is 12.9. The molecule has 0 radical (unpaired) electrons. The van der Waals surface area contributed by atoms with Crippen molar-refractivity contribution in [2.24, 2.45) is 5.92 Å². The Morgan fingerprint density at radius 1 is 1.31 bits per heavy atom. The van der Waals surface area contributed by atoms with E-state index in [1.165, 1.54) is 12.8 Å². The van der Waals surface area contributed by atoms with Crippen LogP contribution in [0.1, 0.15) is 26.7 Å². The van der Waals surface area contributed by atoms with Gasteiger partial charge >= 0.3 is 0 Å². The van der Waals surface area contributed by atoms with Crippen LogP contribution in [-0.4, -0.2) is 33.4 Å². The maximum atomic E-state index is 3.13. The monoisotopic (exact) mass is 187 g/mol. The van der Waals surface area contributed by atoms with Gasteiger partial charge in [-0.25, -0.2) is 0 Å². The van der Waals surface area contributed by atoms with Gasteiger partial charge in [-0.15, -0.1) is 0 Å². The lowest BCUT2D eigenvalue weighted by Crippen LogP contribution is -2.11. The van der Waals surface area contributed by atoms with E-state index in [0.29, 0.717) is 0 Å². The summed E-state index contributed by atoms with van der Waals surface area (Å²) in [7, 11) is 2.00. The molecule has 3 heteroatoms. The molecular weight excluding hydrogens is 162 g/mol. The third kappa shape index (κ3) is 9.80. The molecular formula is C10H25N3. The Labute approximate surface area is 82.7 Å². The maximum absolute atomic E-state index is 3.13. The Morgan fingerprint density at radius 2 is 1.92 bits per heavy atom. The molecule has 3 N–H and O–H groups in total. The van der Waals surface area contributed by atoms with E-state index in [1.807, 2.05) is 7.05 Å². The molecule has 1 rings (SSSR count). The van der Waals surface area contributed by atoms with Crippen LogP contribution in [0.15, 0.2) is 0 Å². The van der Waals surface area contributed by atoms with Crippen molar-refractivity contribution in [3.05, 3.63) is 0 Å². The summed E-state index contributed by atoms with van der Waals surface area (Å²) in [6.45, 7) is 8.96. The average molecular weight is 187 g/mol. The Hall–Kier alpha value is -0.120. The minimum absolute atomic E-state index is 0.891. The molecule has 1 unspecified atom stereocenters. The van der Waals surface area contributed by atoms with Crippen molar-refractivity contribution >= 4 is 0 Å². The SMILES string of the molecule is C1CNCN1.CCC(C)CCNC. The van der Waals surface area contributed by atoms with Crippen LogP contribution >= 0.6 is 0 Å². The molecule has 0 bridgehead atoms. The van der Waals surface area contributed by atoms with Crippen molar-refractivity contribution in [2.45, 2.75) is 26.7 Å². The first-order valence-electron chi connectivity index (χ1n) is 5.37. The number of hydrogen-bond acceptors (Lipinski definition) is 3. The van der Waals surface area contributed by atoms with E-state index in [4.69, 9.17) is 0 Å². The molecule has 0 aromatic rings. The molecule has 3 nitrogen and oxygen atoms in total. The van der Waals surface area contributed by atoms with Gasteiger partial charge in [-0.05, 0) is 25.9 Å². The minimum Gasteiger partial charge on any atom is -0.320 e. The van der Waals surface area contributed by atoms with Gasteiger partial charge in [0.15, 0.2) is 0 Å². The van der Waals surface area contributed by atoms with Crippen molar-refractivity contribution in [1.29, 1.82) is 0 Å².